The van der Waals surface area contributed by atoms with E-state index in [0.29, 0.717) is 17.4 Å². The summed E-state index contributed by atoms with van der Waals surface area (Å²) in [5.41, 5.74) is 1.44. The Morgan fingerprint density at radius 3 is 2.57 bits per heavy atom. The van der Waals surface area contributed by atoms with Gasteiger partial charge in [0.1, 0.15) is 5.75 Å². The molecule has 21 heavy (non-hydrogen) atoms. The van der Waals surface area contributed by atoms with Crippen molar-refractivity contribution in [2.45, 2.75) is 57.8 Å². The molecule has 1 aliphatic carbocycles. The van der Waals surface area contributed by atoms with Crippen molar-refractivity contribution in [2.24, 2.45) is 0 Å². The number of phenolic OH excluding ortho intramolecular Hbond substituents is 1. The van der Waals surface area contributed by atoms with Crippen molar-refractivity contribution in [2.75, 3.05) is 0 Å². The number of aromatic hydroxyl groups is 1. The van der Waals surface area contributed by atoms with Gasteiger partial charge in [-0.2, -0.15) is 4.98 Å². The summed E-state index contributed by atoms with van der Waals surface area (Å²) in [6.07, 6.45) is 8.72. The van der Waals surface area contributed by atoms with E-state index in [1.165, 1.54) is 32.1 Å². The lowest BCUT2D eigenvalue weighted by Crippen LogP contribution is -2.04. The van der Waals surface area contributed by atoms with Gasteiger partial charge in [0.05, 0.1) is 5.56 Å². The van der Waals surface area contributed by atoms with Crippen LogP contribution in [0.3, 0.4) is 0 Å². The molecule has 0 bridgehead atoms. The summed E-state index contributed by atoms with van der Waals surface area (Å²) in [6.45, 7) is 1.87. The Morgan fingerprint density at radius 1 is 1.10 bits per heavy atom. The maximum absolute atomic E-state index is 10.1. The van der Waals surface area contributed by atoms with E-state index in [1.807, 2.05) is 25.1 Å². The second-order valence-electron chi connectivity index (χ2n) is 5.97. The van der Waals surface area contributed by atoms with E-state index in [-0.39, 0.29) is 5.75 Å². The molecule has 4 nitrogen and oxygen atoms in total. The van der Waals surface area contributed by atoms with Crippen molar-refractivity contribution in [1.82, 2.24) is 10.1 Å². The van der Waals surface area contributed by atoms with Crippen LogP contribution in [-0.2, 0) is 0 Å². The molecule has 1 aliphatic rings. The summed E-state index contributed by atoms with van der Waals surface area (Å²) in [6, 6.07) is 5.58. The number of rotatable bonds is 2. The first-order valence-corrected chi connectivity index (χ1v) is 7.88. The average molecular weight is 286 g/mol. The fraction of sp³-hybridized carbons (Fsp3) is 0.529. The van der Waals surface area contributed by atoms with E-state index in [0.717, 1.165) is 24.2 Å². The highest BCUT2D eigenvalue weighted by Gasteiger charge is 2.21. The van der Waals surface area contributed by atoms with Gasteiger partial charge in [-0.3, -0.25) is 0 Å². The lowest BCUT2D eigenvalue weighted by atomic mass is 9.91. The lowest BCUT2D eigenvalue weighted by Gasteiger charge is -2.15. The van der Waals surface area contributed by atoms with Crippen molar-refractivity contribution in [1.29, 1.82) is 0 Å². The molecule has 1 aromatic carbocycles. The van der Waals surface area contributed by atoms with E-state index in [4.69, 9.17) is 4.52 Å². The van der Waals surface area contributed by atoms with Gasteiger partial charge in [-0.15, -0.1) is 0 Å². The van der Waals surface area contributed by atoms with E-state index >= 15 is 0 Å². The van der Waals surface area contributed by atoms with E-state index in [2.05, 4.69) is 10.1 Å². The lowest BCUT2D eigenvalue weighted by molar-refractivity contribution is 0.391. The van der Waals surface area contributed by atoms with Gasteiger partial charge in [-0.25, -0.2) is 0 Å². The molecular formula is C17H22N2O2. The summed E-state index contributed by atoms with van der Waals surface area (Å²) in [7, 11) is 0. The fourth-order valence-corrected chi connectivity index (χ4v) is 3.06. The normalized spacial score (nSPS) is 17.4. The summed E-state index contributed by atoms with van der Waals surface area (Å²) in [5.74, 6) is 1.85. The van der Waals surface area contributed by atoms with Crippen LogP contribution in [0.4, 0.5) is 0 Å². The summed E-state index contributed by atoms with van der Waals surface area (Å²) < 4.78 is 5.39. The number of hydrogen-bond donors (Lipinski definition) is 1. The van der Waals surface area contributed by atoms with Gasteiger partial charge >= 0.3 is 0 Å². The number of hydrogen-bond acceptors (Lipinski definition) is 4. The summed E-state index contributed by atoms with van der Waals surface area (Å²) in [5, 5.41) is 14.3. The van der Waals surface area contributed by atoms with Crippen molar-refractivity contribution in [3.63, 3.8) is 0 Å². The Balaban J connectivity index is 1.83. The van der Waals surface area contributed by atoms with E-state index in [1.54, 1.807) is 0 Å². The van der Waals surface area contributed by atoms with E-state index < -0.39 is 0 Å². The first-order chi connectivity index (χ1) is 10.3. The predicted octanol–water partition coefficient (Wildman–Crippen LogP) is 4.58. The van der Waals surface area contributed by atoms with Gasteiger partial charge in [0.2, 0.25) is 0 Å². The SMILES string of the molecule is Cc1cccc(-c2nc(C3CCCCCCC3)no2)c1O. The second-order valence-corrected chi connectivity index (χ2v) is 5.97. The largest absolute Gasteiger partial charge is 0.507 e. The number of nitrogens with zero attached hydrogens (tertiary/aromatic N) is 2. The van der Waals surface area contributed by atoms with Gasteiger partial charge < -0.3 is 9.63 Å². The standard InChI is InChI=1S/C17H22N2O2/c1-12-8-7-11-14(15(12)20)17-18-16(19-21-17)13-9-5-3-2-4-6-10-13/h7-8,11,13,20H,2-6,9-10H2,1H3. The number of benzene rings is 1. The maximum atomic E-state index is 10.1. The fourth-order valence-electron chi connectivity index (χ4n) is 3.06. The molecule has 1 saturated carbocycles. The van der Waals surface area contributed by atoms with Crippen LogP contribution in [-0.4, -0.2) is 15.2 Å². The molecule has 3 rings (SSSR count). The van der Waals surface area contributed by atoms with Crippen molar-refractivity contribution < 1.29 is 9.63 Å². The monoisotopic (exact) mass is 286 g/mol. The minimum Gasteiger partial charge on any atom is -0.507 e. The Hall–Kier alpha value is -1.84. The quantitative estimate of drug-likeness (QED) is 0.878. The van der Waals surface area contributed by atoms with Gasteiger partial charge in [-0.05, 0) is 31.4 Å². The third kappa shape index (κ3) is 3.09. The van der Waals surface area contributed by atoms with Gasteiger partial charge in [0.25, 0.3) is 5.89 Å². The Bertz CT molecular complexity index is 599. The first-order valence-electron chi connectivity index (χ1n) is 7.88. The smallest absolute Gasteiger partial charge is 0.261 e. The molecule has 0 amide bonds. The molecule has 0 saturated heterocycles. The minimum atomic E-state index is 0.227. The van der Waals surface area contributed by atoms with Crippen molar-refractivity contribution in [3.05, 3.63) is 29.6 Å². The average Bonchev–Trinajstić information content (AvgIpc) is 2.91. The van der Waals surface area contributed by atoms with Gasteiger partial charge in [0.15, 0.2) is 5.82 Å². The van der Waals surface area contributed by atoms with Gasteiger partial charge in [0, 0.05) is 5.92 Å². The summed E-state index contributed by atoms with van der Waals surface area (Å²) >= 11 is 0. The van der Waals surface area contributed by atoms with Crippen LogP contribution >= 0.6 is 0 Å². The van der Waals surface area contributed by atoms with Crippen LogP contribution in [0.15, 0.2) is 22.7 Å². The number of aryl methyl sites for hydroxylation is 1. The van der Waals surface area contributed by atoms with Crippen LogP contribution in [0, 0.1) is 6.92 Å². The molecule has 0 spiro atoms. The highest BCUT2D eigenvalue weighted by molar-refractivity contribution is 5.64. The van der Waals surface area contributed by atoms with Crippen LogP contribution in [0.2, 0.25) is 0 Å². The molecule has 112 valence electrons. The molecule has 1 heterocycles. The Morgan fingerprint density at radius 2 is 1.81 bits per heavy atom. The Kier molecular flexibility index (Phi) is 4.23. The molecule has 1 fully saturated rings. The van der Waals surface area contributed by atoms with Gasteiger partial charge in [-0.1, -0.05) is 49.4 Å². The topological polar surface area (TPSA) is 59.2 Å². The third-order valence-corrected chi connectivity index (χ3v) is 4.38. The zero-order chi connectivity index (χ0) is 14.7. The third-order valence-electron chi connectivity index (χ3n) is 4.38. The van der Waals surface area contributed by atoms with E-state index in [9.17, 15) is 5.11 Å². The molecule has 2 aromatic rings. The van der Waals surface area contributed by atoms with Crippen LogP contribution in [0.25, 0.3) is 11.5 Å². The molecule has 4 heteroatoms. The molecule has 1 N–H and O–H groups in total. The molecule has 0 aliphatic heterocycles. The molecule has 0 radical (unpaired) electrons. The Labute approximate surface area is 125 Å². The molecule has 1 aromatic heterocycles. The zero-order valence-corrected chi connectivity index (χ0v) is 12.5. The number of para-hydroxylation sites is 1. The van der Waals surface area contributed by atoms with Crippen molar-refractivity contribution in [3.8, 4) is 17.2 Å². The van der Waals surface area contributed by atoms with Crippen molar-refractivity contribution >= 4 is 0 Å². The molecule has 0 atom stereocenters. The second kappa shape index (κ2) is 6.29. The van der Waals surface area contributed by atoms with Crippen LogP contribution < -0.4 is 0 Å². The minimum absolute atomic E-state index is 0.227. The number of phenols is 1. The molecular weight excluding hydrogens is 264 g/mol. The zero-order valence-electron chi connectivity index (χ0n) is 12.5. The molecule has 0 unspecified atom stereocenters. The maximum Gasteiger partial charge on any atom is 0.261 e. The predicted molar refractivity (Wildman–Crippen MR) is 81.2 cm³/mol. The number of aromatic nitrogens is 2. The highest BCUT2D eigenvalue weighted by Crippen LogP contribution is 2.33. The first kappa shape index (κ1) is 14.1. The highest BCUT2D eigenvalue weighted by atomic mass is 16.5. The van der Waals surface area contributed by atoms with Crippen LogP contribution in [0.1, 0.15) is 62.3 Å². The van der Waals surface area contributed by atoms with Crippen LogP contribution in [0.5, 0.6) is 5.75 Å². The summed E-state index contributed by atoms with van der Waals surface area (Å²) in [4.78, 5) is 4.54.